The molecule has 70 valence electrons. The predicted molar refractivity (Wildman–Crippen MR) is 45.7 cm³/mol. The molecule has 1 rings (SSSR count). The van der Waals surface area contributed by atoms with Crippen molar-refractivity contribution in [3.8, 4) is 0 Å². The van der Waals surface area contributed by atoms with E-state index in [0.29, 0.717) is 18.8 Å². The molecule has 1 aliphatic heterocycles. The van der Waals surface area contributed by atoms with E-state index in [-0.39, 0.29) is 18.3 Å². The number of rotatable bonds is 3. The van der Waals surface area contributed by atoms with Crippen molar-refractivity contribution in [1.82, 2.24) is 0 Å². The van der Waals surface area contributed by atoms with Crippen LogP contribution in [0.3, 0.4) is 0 Å². The Kier molecular flexibility index (Phi) is 3.12. The van der Waals surface area contributed by atoms with Gasteiger partial charge >= 0.3 is 0 Å². The van der Waals surface area contributed by atoms with Gasteiger partial charge in [0.2, 0.25) is 0 Å². The fraction of sp³-hybridized carbons (Fsp3) is 0.778. The molecular formula is C9H16O3. The quantitative estimate of drug-likeness (QED) is 0.647. The van der Waals surface area contributed by atoms with E-state index in [4.69, 9.17) is 9.47 Å². The van der Waals surface area contributed by atoms with Crippen LogP contribution >= 0.6 is 0 Å². The van der Waals surface area contributed by atoms with Crippen molar-refractivity contribution in [2.24, 2.45) is 0 Å². The molecular weight excluding hydrogens is 156 g/mol. The van der Waals surface area contributed by atoms with Gasteiger partial charge in [-0.1, -0.05) is 6.58 Å². The topological polar surface area (TPSA) is 38.7 Å². The van der Waals surface area contributed by atoms with Gasteiger partial charge in [-0.2, -0.15) is 0 Å². The van der Waals surface area contributed by atoms with Gasteiger partial charge in [0.1, 0.15) is 12.7 Å². The maximum atomic E-state index is 9.44. The van der Waals surface area contributed by atoms with Crippen LogP contribution in [0.2, 0.25) is 0 Å². The minimum atomic E-state index is -0.389. The summed E-state index contributed by atoms with van der Waals surface area (Å²) in [4.78, 5) is 0. The molecule has 0 aliphatic carbocycles. The number of allylic oxidation sites excluding steroid dienone is 1. The van der Waals surface area contributed by atoms with E-state index < -0.39 is 0 Å². The Morgan fingerprint density at radius 2 is 2.42 bits per heavy atom. The fourth-order valence-corrected chi connectivity index (χ4v) is 1.31. The first-order chi connectivity index (χ1) is 5.59. The molecule has 0 saturated carbocycles. The third-order valence-corrected chi connectivity index (χ3v) is 1.90. The lowest BCUT2D eigenvalue weighted by Gasteiger charge is -2.14. The summed E-state index contributed by atoms with van der Waals surface area (Å²) in [5.74, 6) is 0.658. The first-order valence-corrected chi connectivity index (χ1v) is 4.21. The van der Waals surface area contributed by atoms with Gasteiger partial charge in [-0.25, -0.2) is 0 Å². The summed E-state index contributed by atoms with van der Waals surface area (Å²) >= 11 is 0. The van der Waals surface area contributed by atoms with Crippen LogP contribution in [0.5, 0.6) is 0 Å². The minimum absolute atomic E-state index is 0.138. The number of hydrogen-bond acceptors (Lipinski definition) is 3. The molecule has 0 radical (unpaired) electrons. The third kappa shape index (κ3) is 2.50. The van der Waals surface area contributed by atoms with E-state index in [1.54, 1.807) is 6.92 Å². The van der Waals surface area contributed by atoms with Gasteiger partial charge in [-0.05, 0) is 13.8 Å². The largest absolute Gasteiger partial charge is 0.496 e. The molecule has 0 aromatic carbocycles. The zero-order valence-electron chi connectivity index (χ0n) is 7.62. The maximum Gasteiger partial charge on any atom is 0.118 e. The Balaban J connectivity index is 2.28. The van der Waals surface area contributed by atoms with Crippen molar-refractivity contribution >= 4 is 0 Å². The van der Waals surface area contributed by atoms with Gasteiger partial charge in [-0.15, -0.1) is 0 Å². The van der Waals surface area contributed by atoms with Crippen molar-refractivity contribution in [3.05, 3.63) is 12.3 Å². The summed E-state index contributed by atoms with van der Waals surface area (Å²) in [6.45, 7) is 7.74. The van der Waals surface area contributed by atoms with E-state index in [2.05, 4.69) is 6.58 Å². The van der Waals surface area contributed by atoms with Crippen molar-refractivity contribution in [2.75, 3.05) is 6.61 Å². The lowest BCUT2D eigenvalue weighted by molar-refractivity contribution is -0.0252. The zero-order valence-corrected chi connectivity index (χ0v) is 7.62. The highest BCUT2D eigenvalue weighted by Gasteiger charge is 2.31. The smallest absolute Gasteiger partial charge is 0.118 e. The summed E-state index contributed by atoms with van der Waals surface area (Å²) in [7, 11) is 0. The van der Waals surface area contributed by atoms with Crippen LogP contribution in [-0.4, -0.2) is 30.0 Å². The molecule has 1 heterocycles. The molecule has 0 aromatic rings. The van der Waals surface area contributed by atoms with Crippen LogP contribution in [0.25, 0.3) is 0 Å². The molecule has 3 atom stereocenters. The average molecular weight is 172 g/mol. The summed E-state index contributed by atoms with van der Waals surface area (Å²) < 4.78 is 10.6. The van der Waals surface area contributed by atoms with Gasteiger partial charge in [-0.3, -0.25) is 0 Å². The van der Waals surface area contributed by atoms with Crippen molar-refractivity contribution in [3.63, 3.8) is 0 Å². The van der Waals surface area contributed by atoms with Crippen molar-refractivity contribution < 1.29 is 14.6 Å². The van der Waals surface area contributed by atoms with Crippen LogP contribution < -0.4 is 0 Å². The van der Waals surface area contributed by atoms with Gasteiger partial charge in [0, 0.05) is 6.42 Å². The first kappa shape index (κ1) is 9.55. The maximum absolute atomic E-state index is 9.44. The highest BCUT2D eigenvalue weighted by atomic mass is 16.6. The van der Waals surface area contributed by atoms with E-state index in [1.165, 1.54) is 0 Å². The van der Waals surface area contributed by atoms with Crippen molar-refractivity contribution in [2.45, 2.75) is 38.6 Å². The molecule has 1 saturated heterocycles. The predicted octanol–water partition coefficient (Wildman–Crippen LogP) is 1.07. The van der Waals surface area contributed by atoms with Gasteiger partial charge < -0.3 is 14.6 Å². The van der Waals surface area contributed by atoms with Gasteiger partial charge in [0.05, 0.1) is 18.0 Å². The van der Waals surface area contributed by atoms with E-state index in [1.807, 2.05) is 6.92 Å². The fourth-order valence-electron chi connectivity index (χ4n) is 1.31. The first-order valence-electron chi connectivity index (χ1n) is 4.21. The number of aliphatic hydroxyl groups excluding tert-OH is 1. The van der Waals surface area contributed by atoms with Crippen LogP contribution in [0.15, 0.2) is 12.3 Å². The van der Waals surface area contributed by atoms with E-state index in [0.717, 1.165) is 0 Å². The Hall–Kier alpha value is -0.540. The van der Waals surface area contributed by atoms with E-state index >= 15 is 0 Å². The summed E-state index contributed by atoms with van der Waals surface area (Å²) in [6.07, 6.45) is 0.263. The molecule has 3 heteroatoms. The second kappa shape index (κ2) is 3.92. The average Bonchev–Trinajstić information content (AvgIpc) is 2.26. The monoisotopic (exact) mass is 172 g/mol. The Bertz CT molecular complexity index is 167. The summed E-state index contributed by atoms with van der Waals surface area (Å²) in [6, 6.07) is 0. The lowest BCUT2D eigenvalue weighted by atomic mass is 10.1. The molecule has 0 bridgehead atoms. The third-order valence-electron chi connectivity index (χ3n) is 1.90. The lowest BCUT2D eigenvalue weighted by Crippen LogP contribution is -2.26. The molecule has 3 nitrogen and oxygen atoms in total. The van der Waals surface area contributed by atoms with E-state index in [9.17, 15) is 5.11 Å². The molecule has 1 N–H and O–H groups in total. The summed E-state index contributed by atoms with van der Waals surface area (Å²) in [5, 5.41) is 9.44. The highest BCUT2D eigenvalue weighted by Crippen LogP contribution is 2.20. The molecule has 12 heavy (non-hydrogen) atoms. The Labute approximate surface area is 73.0 Å². The van der Waals surface area contributed by atoms with Crippen LogP contribution in [0.1, 0.15) is 20.3 Å². The molecule has 1 aliphatic rings. The van der Waals surface area contributed by atoms with Crippen LogP contribution in [0.4, 0.5) is 0 Å². The minimum Gasteiger partial charge on any atom is -0.496 e. The summed E-state index contributed by atoms with van der Waals surface area (Å²) in [5.41, 5.74) is 0. The molecule has 0 amide bonds. The van der Waals surface area contributed by atoms with Crippen molar-refractivity contribution in [1.29, 1.82) is 0 Å². The number of ether oxygens (including phenoxy) is 2. The highest BCUT2D eigenvalue weighted by molar-refractivity contribution is 4.82. The molecule has 0 aromatic heterocycles. The van der Waals surface area contributed by atoms with Crippen LogP contribution in [0, 0.1) is 0 Å². The second-order valence-electron chi connectivity index (χ2n) is 3.30. The molecule has 3 unspecified atom stereocenters. The van der Waals surface area contributed by atoms with Crippen LogP contribution in [-0.2, 0) is 9.47 Å². The zero-order chi connectivity index (χ0) is 9.14. The molecule has 1 fully saturated rings. The SMILES string of the molecule is C=C(C)OCC1OC(C)CC1O. The van der Waals surface area contributed by atoms with Gasteiger partial charge in [0.15, 0.2) is 0 Å². The van der Waals surface area contributed by atoms with Gasteiger partial charge in [0.25, 0.3) is 0 Å². The second-order valence-corrected chi connectivity index (χ2v) is 3.30. The normalized spacial score (nSPS) is 35.1. The molecule has 0 spiro atoms. The Morgan fingerprint density at radius 3 is 2.83 bits per heavy atom. The number of aliphatic hydroxyl groups is 1. The Morgan fingerprint density at radius 1 is 1.75 bits per heavy atom. The number of hydrogen-bond donors (Lipinski definition) is 1. The standard InChI is InChI=1S/C9H16O3/c1-6(2)11-5-9-8(10)4-7(3)12-9/h7-10H,1,4-5H2,2-3H3.